The monoisotopic (exact) mass is 281 g/mol. The Bertz CT molecular complexity index is 458. The van der Waals surface area contributed by atoms with Gasteiger partial charge in [-0.15, -0.1) is 0 Å². The second-order valence-electron chi connectivity index (χ2n) is 6.08. The third-order valence-corrected chi connectivity index (χ3v) is 3.04. The maximum Gasteiger partial charge on any atom is 0.410 e. The second kappa shape index (κ2) is 5.78. The van der Waals surface area contributed by atoms with Crippen molar-refractivity contribution in [1.29, 1.82) is 0 Å². The first-order valence-corrected chi connectivity index (χ1v) is 6.88. The van der Waals surface area contributed by atoms with Crippen LogP contribution in [0, 0.1) is 0 Å². The molecule has 1 aromatic heterocycles. The van der Waals surface area contributed by atoms with Gasteiger partial charge in [-0.25, -0.2) is 9.78 Å². The Morgan fingerprint density at radius 3 is 2.45 bits per heavy atom. The summed E-state index contributed by atoms with van der Waals surface area (Å²) in [6, 6.07) is 0. The summed E-state index contributed by atoms with van der Waals surface area (Å²) in [7, 11) is 1.86. The van der Waals surface area contributed by atoms with Crippen LogP contribution in [0.15, 0.2) is 6.33 Å². The van der Waals surface area contributed by atoms with Crippen LogP contribution in [0.25, 0.3) is 0 Å². The fourth-order valence-electron chi connectivity index (χ4n) is 2.07. The summed E-state index contributed by atoms with van der Waals surface area (Å²) in [4.78, 5) is 20.2. The fraction of sp³-hybridized carbons (Fsp3) is 0.769. The maximum absolute atomic E-state index is 11.9. The first-order valence-electron chi connectivity index (χ1n) is 6.88. The van der Waals surface area contributed by atoms with E-state index in [9.17, 15) is 4.79 Å². The molecule has 7 heteroatoms. The van der Waals surface area contributed by atoms with E-state index in [1.54, 1.807) is 15.9 Å². The predicted molar refractivity (Wildman–Crippen MR) is 74.1 cm³/mol. The van der Waals surface area contributed by atoms with Gasteiger partial charge in [0.1, 0.15) is 11.9 Å². The summed E-state index contributed by atoms with van der Waals surface area (Å²) in [5.74, 6) is 0.818. The zero-order valence-corrected chi connectivity index (χ0v) is 12.7. The molecule has 0 N–H and O–H groups in total. The maximum atomic E-state index is 11.9. The lowest BCUT2D eigenvalue weighted by Gasteiger charge is -2.35. The Morgan fingerprint density at radius 2 is 1.95 bits per heavy atom. The van der Waals surface area contributed by atoms with Gasteiger partial charge in [-0.1, -0.05) is 0 Å². The van der Waals surface area contributed by atoms with Gasteiger partial charge in [0, 0.05) is 33.2 Å². The molecule has 0 unspecified atom stereocenters. The zero-order valence-electron chi connectivity index (χ0n) is 12.7. The highest BCUT2D eigenvalue weighted by atomic mass is 16.6. The van der Waals surface area contributed by atoms with Gasteiger partial charge in [0.05, 0.1) is 6.54 Å². The van der Waals surface area contributed by atoms with E-state index in [0.29, 0.717) is 13.1 Å². The van der Waals surface area contributed by atoms with Gasteiger partial charge >= 0.3 is 6.09 Å². The van der Waals surface area contributed by atoms with Crippen LogP contribution in [-0.4, -0.2) is 62.4 Å². The van der Waals surface area contributed by atoms with Gasteiger partial charge in [0.2, 0.25) is 0 Å². The third-order valence-electron chi connectivity index (χ3n) is 3.04. The van der Waals surface area contributed by atoms with Crippen LogP contribution in [0.2, 0.25) is 0 Å². The number of aromatic nitrogens is 3. The van der Waals surface area contributed by atoms with Crippen LogP contribution >= 0.6 is 0 Å². The smallest absolute Gasteiger partial charge is 0.410 e. The van der Waals surface area contributed by atoms with E-state index in [-0.39, 0.29) is 6.09 Å². The average molecular weight is 281 g/mol. The lowest BCUT2D eigenvalue weighted by Crippen LogP contribution is -2.49. The van der Waals surface area contributed by atoms with Crippen molar-refractivity contribution >= 4 is 6.09 Å². The molecule has 1 amide bonds. The molecule has 1 aromatic rings. The fourth-order valence-corrected chi connectivity index (χ4v) is 2.07. The molecule has 2 rings (SSSR count). The lowest BCUT2D eigenvalue weighted by molar-refractivity contribution is 0.0137. The van der Waals surface area contributed by atoms with Crippen LogP contribution in [0.4, 0.5) is 4.79 Å². The third kappa shape index (κ3) is 4.19. The molecule has 0 atom stereocenters. The van der Waals surface area contributed by atoms with E-state index in [4.69, 9.17) is 4.74 Å². The first-order chi connectivity index (χ1) is 9.33. The number of piperazine rings is 1. The molecule has 0 saturated carbocycles. The molecular formula is C13H23N5O2. The number of aryl methyl sites for hydroxylation is 1. The number of ether oxygens (including phenoxy) is 1. The molecule has 7 nitrogen and oxygen atoms in total. The number of carbonyl (C=O) groups is 1. The Morgan fingerprint density at radius 1 is 1.30 bits per heavy atom. The summed E-state index contributed by atoms with van der Waals surface area (Å²) in [5.41, 5.74) is -0.438. The molecule has 1 aliphatic rings. The van der Waals surface area contributed by atoms with Gasteiger partial charge in [-0.3, -0.25) is 9.58 Å². The second-order valence-corrected chi connectivity index (χ2v) is 6.08. The minimum absolute atomic E-state index is 0.229. The van der Waals surface area contributed by atoms with Crippen molar-refractivity contribution in [3.63, 3.8) is 0 Å². The summed E-state index contributed by atoms with van der Waals surface area (Å²) in [6.45, 7) is 9.37. The van der Waals surface area contributed by atoms with Gasteiger partial charge in [-0.05, 0) is 20.8 Å². The number of rotatable bonds is 2. The van der Waals surface area contributed by atoms with E-state index in [2.05, 4.69) is 15.0 Å². The van der Waals surface area contributed by atoms with Crippen LogP contribution in [0.5, 0.6) is 0 Å². The van der Waals surface area contributed by atoms with E-state index in [1.807, 2.05) is 27.8 Å². The first kappa shape index (κ1) is 14.8. The van der Waals surface area contributed by atoms with Gasteiger partial charge in [-0.2, -0.15) is 5.10 Å². The minimum Gasteiger partial charge on any atom is -0.444 e. The number of amides is 1. The van der Waals surface area contributed by atoms with E-state index in [0.717, 1.165) is 25.5 Å². The van der Waals surface area contributed by atoms with Crippen molar-refractivity contribution in [2.45, 2.75) is 32.9 Å². The highest BCUT2D eigenvalue weighted by Gasteiger charge is 2.26. The van der Waals surface area contributed by atoms with Crippen LogP contribution < -0.4 is 0 Å². The zero-order chi connectivity index (χ0) is 14.8. The molecule has 0 aromatic carbocycles. The number of hydrogen-bond acceptors (Lipinski definition) is 5. The SMILES string of the molecule is Cn1cnc(CN2CCN(C(=O)OC(C)(C)C)CC2)n1. The lowest BCUT2D eigenvalue weighted by atomic mass is 10.2. The number of hydrogen-bond donors (Lipinski definition) is 0. The van der Waals surface area contributed by atoms with E-state index < -0.39 is 5.60 Å². The normalized spacial score (nSPS) is 17.3. The highest BCUT2D eigenvalue weighted by molar-refractivity contribution is 5.68. The summed E-state index contributed by atoms with van der Waals surface area (Å²) in [6.07, 6.45) is 1.47. The Kier molecular flexibility index (Phi) is 4.27. The average Bonchev–Trinajstić information content (AvgIpc) is 2.73. The predicted octanol–water partition coefficient (Wildman–Crippen LogP) is 0.868. The number of nitrogens with zero attached hydrogens (tertiary/aromatic N) is 5. The summed E-state index contributed by atoms with van der Waals surface area (Å²) < 4.78 is 7.08. The molecule has 20 heavy (non-hydrogen) atoms. The van der Waals surface area contributed by atoms with E-state index in [1.165, 1.54) is 0 Å². The molecular weight excluding hydrogens is 258 g/mol. The molecule has 0 spiro atoms. The molecule has 1 aliphatic heterocycles. The molecule has 1 fully saturated rings. The van der Waals surface area contributed by atoms with E-state index >= 15 is 0 Å². The largest absolute Gasteiger partial charge is 0.444 e. The quantitative estimate of drug-likeness (QED) is 0.805. The van der Waals surface area contributed by atoms with Crippen LogP contribution in [-0.2, 0) is 18.3 Å². The standard InChI is InChI=1S/C13H23N5O2/c1-13(2,3)20-12(19)18-7-5-17(6-8-18)9-11-14-10-16(4)15-11/h10H,5-9H2,1-4H3. The Hall–Kier alpha value is -1.63. The van der Waals surface area contributed by atoms with Gasteiger partial charge in [0.25, 0.3) is 0 Å². The summed E-state index contributed by atoms with van der Waals surface area (Å²) in [5, 5.41) is 4.27. The van der Waals surface area contributed by atoms with Crippen molar-refractivity contribution < 1.29 is 9.53 Å². The molecule has 0 bridgehead atoms. The molecule has 112 valence electrons. The van der Waals surface area contributed by atoms with Crippen LogP contribution in [0.3, 0.4) is 0 Å². The Balaban J connectivity index is 1.79. The van der Waals surface area contributed by atoms with Gasteiger partial charge < -0.3 is 9.64 Å². The van der Waals surface area contributed by atoms with Crippen LogP contribution in [0.1, 0.15) is 26.6 Å². The highest BCUT2D eigenvalue weighted by Crippen LogP contribution is 2.12. The van der Waals surface area contributed by atoms with Crippen molar-refractivity contribution in [2.75, 3.05) is 26.2 Å². The topological polar surface area (TPSA) is 63.5 Å². The van der Waals surface area contributed by atoms with Crippen molar-refractivity contribution in [3.05, 3.63) is 12.2 Å². The Labute approximate surface area is 119 Å². The van der Waals surface area contributed by atoms with Gasteiger partial charge in [0.15, 0.2) is 5.82 Å². The number of carbonyl (C=O) groups excluding carboxylic acids is 1. The molecule has 0 radical (unpaired) electrons. The van der Waals surface area contributed by atoms with Crippen molar-refractivity contribution in [1.82, 2.24) is 24.6 Å². The van der Waals surface area contributed by atoms with Crippen molar-refractivity contribution in [2.24, 2.45) is 7.05 Å². The summed E-state index contributed by atoms with van der Waals surface area (Å²) >= 11 is 0. The molecule has 0 aliphatic carbocycles. The molecule has 1 saturated heterocycles. The minimum atomic E-state index is -0.438. The van der Waals surface area contributed by atoms with Crippen molar-refractivity contribution in [3.8, 4) is 0 Å². The molecule has 2 heterocycles.